The Morgan fingerprint density at radius 3 is 2.49 bits per heavy atom. The predicted octanol–water partition coefficient (Wildman–Crippen LogP) is 4.93. The Morgan fingerprint density at radius 2 is 1.74 bits per heavy atom. The average molecular weight is 525 g/mol. The first kappa shape index (κ1) is 25.8. The topological polar surface area (TPSA) is 112 Å². The quantitative estimate of drug-likeness (QED) is 0.292. The third-order valence-corrected chi connectivity index (χ3v) is 6.55. The Bertz CT molecular complexity index is 1420. The molecule has 2 amide bonds. The van der Waals surface area contributed by atoms with Gasteiger partial charge in [-0.05, 0) is 49.5 Å². The highest BCUT2D eigenvalue weighted by Gasteiger charge is 2.21. The van der Waals surface area contributed by atoms with Crippen LogP contribution in [0.15, 0.2) is 85.2 Å². The lowest BCUT2D eigenvalue weighted by atomic mass is 10.2. The van der Waals surface area contributed by atoms with Gasteiger partial charge in [0.15, 0.2) is 0 Å². The number of rotatable bonds is 7. The number of aromatic nitrogens is 2. The molecule has 0 unspecified atom stereocenters. The molecule has 1 aliphatic rings. The van der Waals surface area contributed by atoms with Gasteiger partial charge in [-0.3, -0.25) is 0 Å². The first-order valence-electron chi connectivity index (χ1n) is 12.7. The molecular formula is C29H32N8O2. The van der Waals surface area contributed by atoms with Crippen LogP contribution < -0.4 is 30.9 Å². The number of nitrogens with two attached hydrogens (primary N) is 1. The number of methoxy groups -OCH3 is 1. The minimum Gasteiger partial charge on any atom is -0.494 e. The third-order valence-electron chi connectivity index (χ3n) is 6.55. The van der Waals surface area contributed by atoms with Crippen molar-refractivity contribution in [3.05, 3.63) is 85.2 Å². The van der Waals surface area contributed by atoms with Gasteiger partial charge in [-0.15, -0.1) is 0 Å². The summed E-state index contributed by atoms with van der Waals surface area (Å²) < 4.78 is 5.70. The summed E-state index contributed by atoms with van der Waals surface area (Å²) >= 11 is 0. The van der Waals surface area contributed by atoms with E-state index >= 15 is 0 Å². The van der Waals surface area contributed by atoms with Gasteiger partial charge < -0.3 is 30.9 Å². The van der Waals surface area contributed by atoms with Crippen LogP contribution in [0.1, 0.15) is 0 Å². The number of nitrogens with zero attached hydrogens (tertiary/aromatic N) is 5. The highest BCUT2D eigenvalue weighted by Crippen LogP contribution is 2.33. The van der Waals surface area contributed by atoms with E-state index in [9.17, 15) is 4.79 Å². The van der Waals surface area contributed by atoms with Gasteiger partial charge in [-0.25, -0.2) is 19.7 Å². The molecular weight excluding hydrogens is 492 g/mol. The second-order valence-corrected chi connectivity index (χ2v) is 9.29. The molecule has 39 heavy (non-hydrogen) atoms. The van der Waals surface area contributed by atoms with Gasteiger partial charge in [0.2, 0.25) is 0 Å². The lowest BCUT2D eigenvalue weighted by Gasteiger charge is -2.34. The number of hydrogen-bond donors (Lipinski definition) is 3. The molecule has 1 fully saturated rings. The Balaban J connectivity index is 1.42. The van der Waals surface area contributed by atoms with E-state index in [0.717, 1.165) is 37.6 Å². The summed E-state index contributed by atoms with van der Waals surface area (Å²) in [6.07, 6.45) is 1.41. The van der Waals surface area contributed by atoms with E-state index in [1.165, 1.54) is 11.2 Å². The van der Waals surface area contributed by atoms with Crippen LogP contribution in [-0.4, -0.2) is 61.2 Å². The maximum atomic E-state index is 13.5. The highest BCUT2D eigenvalue weighted by atomic mass is 16.5. The molecule has 0 atom stereocenters. The van der Waals surface area contributed by atoms with Crippen molar-refractivity contribution in [2.24, 2.45) is 0 Å². The Kier molecular flexibility index (Phi) is 7.74. The molecule has 1 aliphatic heterocycles. The van der Waals surface area contributed by atoms with Crippen LogP contribution in [0.4, 0.5) is 44.9 Å². The van der Waals surface area contributed by atoms with Gasteiger partial charge >= 0.3 is 6.03 Å². The molecule has 1 saturated heterocycles. The SMILES string of the molecule is COc1cc(N2CCN(C)CC2)ccc1Nc1cc(N(C(=O)Nc2ccccc2)c2cccc(N)c2)ncn1. The van der Waals surface area contributed by atoms with Crippen LogP contribution in [0.25, 0.3) is 0 Å². The van der Waals surface area contributed by atoms with E-state index in [0.29, 0.717) is 34.4 Å². The molecule has 4 aromatic rings. The molecule has 10 nitrogen and oxygen atoms in total. The van der Waals surface area contributed by atoms with Crippen molar-refractivity contribution in [2.45, 2.75) is 0 Å². The van der Waals surface area contributed by atoms with Crippen molar-refractivity contribution in [1.29, 1.82) is 0 Å². The summed E-state index contributed by atoms with van der Waals surface area (Å²) in [7, 11) is 3.79. The minimum atomic E-state index is -0.384. The van der Waals surface area contributed by atoms with E-state index in [1.54, 1.807) is 37.4 Å². The molecule has 1 aromatic heterocycles. The van der Waals surface area contributed by atoms with Gasteiger partial charge in [0, 0.05) is 55.4 Å². The van der Waals surface area contributed by atoms with Gasteiger partial charge in [-0.1, -0.05) is 24.3 Å². The molecule has 0 radical (unpaired) electrons. The number of amides is 2. The predicted molar refractivity (Wildman–Crippen MR) is 156 cm³/mol. The summed E-state index contributed by atoms with van der Waals surface area (Å²) in [5, 5.41) is 6.25. The summed E-state index contributed by atoms with van der Waals surface area (Å²) in [6.45, 7) is 3.97. The average Bonchev–Trinajstić information content (AvgIpc) is 2.95. The molecule has 10 heteroatoms. The number of para-hydroxylation sites is 1. The number of hydrogen-bond acceptors (Lipinski definition) is 8. The first-order valence-corrected chi connectivity index (χ1v) is 12.7. The summed E-state index contributed by atoms with van der Waals surface area (Å²) in [6, 6.07) is 23.7. The van der Waals surface area contributed by atoms with E-state index in [4.69, 9.17) is 10.5 Å². The number of benzene rings is 3. The van der Waals surface area contributed by atoms with Crippen LogP contribution in [0.5, 0.6) is 5.75 Å². The van der Waals surface area contributed by atoms with E-state index < -0.39 is 0 Å². The van der Waals surface area contributed by atoms with Gasteiger partial charge in [0.1, 0.15) is 23.7 Å². The zero-order chi connectivity index (χ0) is 27.2. The highest BCUT2D eigenvalue weighted by molar-refractivity contribution is 6.06. The second-order valence-electron chi connectivity index (χ2n) is 9.29. The molecule has 5 rings (SSSR count). The normalized spacial score (nSPS) is 13.5. The number of nitrogen functional groups attached to an aromatic ring is 1. The van der Waals surface area contributed by atoms with E-state index in [2.05, 4.69) is 43.5 Å². The number of ether oxygens (including phenoxy) is 1. The Morgan fingerprint density at radius 1 is 0.949 bits per heavy atom. The van der Waals surface area contributed by atoms with Crippen LogP contribution in [0, 0.1) is 0 Å². The molecule has 3 aromatic carbocycles. The Hall–Kier alpha value is -4.83. The number of piperazine rings is 1. The zero-order valence-electron chi connectivity index (χ0n) is 22.0. The smallest absolute Gasteiger partial charge is 0.332 e. The maximum Gasteiger partial charge on any atom is 0.332 e. The van der Waals surface area contributed by atoms with Crippen molar-refractivity contribution < 1.29 is 9.53 Å². The fourth-order valence-corrected chi connectivity index (χ4v) is 4.44. The molecule has 0 spiro atoms. The lowest BCUT2D eigenvalue weighted by molar-refractivity contribution is 0.259. The molecule has 0 bridgehead atoms. The van der Waals surface area contributed by atoms with Crippen LogP contribution >= 0.6 is 0 Å². The summed E-state index contributed by atoms with van der Waals surface area (Å²) in [5.74, 6) is 1.58. The van der Waals surface area contributed by atoms with Crippen molar-refractivity contribution in [3.8, 4) is 5.75 Å². The minimum absolute atomic E-state index is 0.375. The molecule has 0 saturated carbocycles. The van der Waals surface area contributed by atoms with E-state index in [-0.39, 0.29) is 6.03 Å². The van der Waals surface area contributed by atoms with Crippen molar-refractivity contribution in [1.82, 2.24) is 14.9 Å². The largest absolute Gasteiger partial charge is 0.494 e. The zero-order valence-corrected chi connectivity index (χ0v) is 22.0. The van der Waals surface area contributed by atoms with Crippen molar-refractivity contribution >= 4 is 46.1 Å². The fraction of sp³-hybridized carbons (Fsp3) is 0.207. The van der Waals surface area contributed by atoms with Gasteiger partial charge in [0.25, 0.3) is 0 Å². The number of anilines is 7. The molecule has 200 valence electrons. The van der Waals surface area contributed by atoms with Crippen molar-refractivity contribution in [3.63, 3.8) is 0 Å². The summed E-state index contributed by atoms with van der Waals surface area (Å²) in [4.78, 5) is 28.4. The summed E-state index contributed by atoms with van der Waals surface area (Å²) in [5.41, 5.74) is 9.67. The lowest BCUT2D eigenvalue weighted by Crippen LogP contribution is -2.44. The van der Waals surface area contributed by atoms with Crippen molar-refractivity contribution in [2.75, 3.05) is 66.5 Å². The Labute approximate surface area is 228 Å². The molecule has 4 N–H and O–H groups in total. The fourth-order valence-electron chi connectivity index (χ4n) is 4.44. The van der Waals surface area contributed by atoms with Gasteiger partial charge in [-0.2, -0.15) is 0 Å². The van der Waals surface area contributed by atoms with E-state index in [1.807, 2.05) is 42.5 Å². The van der Waals surface area contributed by atoms with Crippen LogP contribution in [0.3, 0.4) is 0 Å². The number of nitrogens with one attached hydrogen (secondary N) is 2. The number of carbonyl (C=O) groups is 1. The third kappa shape index (κ3) is 6.19. The maximum absolute atomic E-state index is 13.5. The first-order chi connectivity index (χ1) is 19.0. The molecule has 2 heterocycles. The number of urea groups is 1. The van der Waals surface area contributed by atoms with Gasteiger partial charge in [0.05, 0.1) is 18.5 Å². The monoisotopic (exact) mass is 524 g/mol. The van der Waals surface area contributed by atoms with Crippen LogP contribution in [-0.2, 0) is 0 Å². The standard InChI is InChI=1S/C29H32N8O2/c1-35-13-15-36(16-14-35)23-11-12-25(26(18-23)39-2)34-27-19-28(32-20-31-27)37(24-10-6-7-21(30)17-24)29(38)33-22-8-4-3-5-9-22/h3-12,17-20H,13-16,30H2,1-2H3,(H,33,38)(H,31,32,34). The van der Waals surface area contributed by atoms with Crippen LogP contribution in [0.2, 0.25) is 0 Å². The number of carbonyl (C=O) groups excluding carboxylic acids is 1. The second kappa shape index (κ2) is 11.7. The molecule has 0 aliphatic carbocycles. The number of likely N-dealkylation sites (N-methyl/N-ethyl adjacent to an activating group) is 1.